The number of rotatable bonds is 8. The van der Waals surface area contributed by atoms with Crippen LogP contribution in [0.5, 0.6) is 5.75 Å². The van der Waals surface area contributed by atoms with E-state index in [4.69, 9.17) is 14.6 Å². The predicted molar refractivity (Wildman–Crippen MR) is 89.1 cm³/mol. The van der Waals surface area contributed by atoms with Crippen LogP contribution in [0.1, 0.15) is 31.7 Å². The molecule has 1 aliphatic heterocycles. The molecule has 2 atom stereocenters. The summed E-state index contributed by atoms with van der Waals surface area (Å²) in [6.07, 6.45) is 1.45. The Morgan fingerprint density at radius 2 is 2.00 bits per heavy atom. The summed E-state index contributed by atoms with van der Waals surface area (Å²) in [6.45, 7) is 3.03. The molecular formula is C18H25NO5. The van der Waals surface area contributed by atoms with E-state index < -0.39 is 5.97 Å². The van der Waals surface area contributed by atoms with Crippen LogP contribution in [-0.4, -0.2) is 54.3 Å². The van der Waals surface area contributed by atoms with Gasteiger partial charge in [0, 0.05) is 26.1 Å². The van der Waals surface area contributed by atoms with E-state index in [1.54, 1.807) is 12.0 Å². The molecule has 0 aliphatic carbocycles. The van der Waals surface area contributed by atoms with Gasteiger partial charge in [-0.25, -0.2) is 0 Å². The summed E-state index contributed by atoms with van der Waals surface area (Å²) in [6, 6.07) is 7.42. The summed E-state index contributed by atoms with van der Waals surface area (Å²) in [7, 11) is 1.59. The van der Waals surface area contributed by atoms with Crippen LogP contribution in [0.15, 0.2) is 24.3 Å². The topological polar surface area (TPSA) is 76.1 Å². The van der Waals surface area contributed by atoms with Crippen LogP contribution in [0.3, 0.4) is 0 Å². The summed E-state index contributed by atoms with van der Waals surface area (Å²) in [5.74, 6) is -0.0904. The van der Waals surface area contributed by atoms with Gasteiger partial charge in [-0.2, -0.15) is 0 Å². The maximum Gasteiger partial charge on any atom is 0.305 e. The zero-order valence-electron chi connectivity index (χ0n) is 14.2. The van der Waals surface area contributed by atoms with Crippen LogP contribution in [-0.2, 0) is 20.7 Å². The molecule has 2 unspecified atom stereocenters. The third-order valence-electron chi connectivity index (χ3n) is 4.30. The van der Waals surface area contributed by atoms with E-state index >= 15 is 0 Å². The number of aliphatic carboxylic acids is 1. The molecule has 0 saturated carbocycles. The monoisotopic (exact) mass is 335 g/mol. The Hall–Kier alpha value is -2.08. The van der Waals surface area contributed by atoms with Gasteiger partial charge >= 0.3 is 5.97 Å². The fourth-order valence-electron chi connectivity index (χ4n) is 3.06. The van der Waals surface area contributed by atoms with E-state index in [1.165, 1.54) is 0 Å². The van der Waals surface area contributed by atoms with Crippen LogP contribution in [0.4, 0.5) is 0 Å². The molecule has 2 rings (SSSR count). The smallest absolute Gasteiger partial charge is 0.305 e. The highest BCUT2D eigenvalue weighted by Gasteiger charge is 2.36. The van der Waals surface area contributed by atoms with Crippen LogP contribution < -0.4 is 4.74 Å². The summed E-state index contributed by atoms with van der Waals surface area (Å²) >= 11 is 0. The predicted octanol–water partition coefficient (Wildman–Crippen LogP) is 2.11. The molecule has 1 fully saturated rings. The molecule has 132 valence electrons. The number of nitrogens with zero attached hydrogens (tertiary/aromatic N) is 1. The van der Waals surface area contributed by atoms with Gasteiger partial charge in [-0.15, -0.1) is 0 Å². The number of carbonyl (C=O) groups is 2. The second-order valence-corrected chi connectivity index (χ2v) is 5.97. The second kappa shape index (κ2) is 8.68. The van der Waals surface area contributed by atoms with Crippen molar-refractivity contribution in [3.05, 3.63) is 29.8 Å². The number of likely N-dealkylation sites (tertiary alicyclic amines) is 1. The third kappa shape index (κ3) is 4.96. The first-order chi connectivity index (χ1) is 11.5. The number of aryl methyl sites for hydroxylation is 1. The Kier molecular flexibility index (Phi) is 6.61. The van der Waals surface area contributed by atoms with Gasteiger partial charge in [0.1, 0.15) is 5.75 Å². The van der Waals surface area contributed by atoms with Gasteiger partial charge in [-0.1, -0.05) is 12.1 Å². The van der Waals surface area contributed by atoms with Crippen LogP contribution >= 0.6 is 0 Å². The lowest BCUT2D eigenvalue weighted by Gasteiger charge is -2.23. The molecular weight excluding hydrogens is 310 g/mol. The number of hydrogen-bond acceptors (Lipinski definition) is 4. The van der Waals surface area contributed by atoms with Crippen molar-refractivity contribution in [1.82, 2.24) is 4.90 Å². The van der Waals surface area contributed by atoms with E-state index in [0.717, 1.165) is 11.3 Å². The Labute approximate surface area is 142 Å². The minimum absolute atomic E-state index is 0.0188. The zero-order valence-corrected chi connectivity index (χ0v) is 14.2. The van der Waals surface area contributed by atoms with Crippen LogP contribution in [0.25, 0.3) is 0 Å². The minimum atomic E-state index is -0.888. The summed E-state index contributed by atoms with van der Waals surface area (Å²) in [5.41, 5.74) is 1.06. The van der Waals surface area contributed by atoms with Gasteiger partial charge in [-0.3, -0.25) is 9.59 Å². The summed E-state index contributed by atoms with van der Waals surface area (Å²) in [4.78, 5) is 25.2. The number of carboxylic acids is 1. The van der Waals surface area contributed by atoms with E-state index in [0.29, 0.717) is 32.4 Å². The minimum Gasteiger partial charge on any atom is -0.494 e. The van der Waals surface area contributed by atoms with Gasteiger partial charge in [0.05, 0.1) is 19.1 Å². The first-order valence-corrected chi connectivity index (χ1v) is 8.29. The fraction of sp³-hybridized carbons (Fsp3) is 0.556. The van der Waals surface area contributed by atoms with Crippen molar-refractivity contribution >= 4 is 11.9 Å². The van der Waals surface area contributed by atoms with Crippen molar-refractivity contribution in [2.45, 2.75) is 44.8 Å². The van der Waals surface area contributed by atoms with Gasteiger partial charge in [-0.05, 0) is 37.5 Å². The highest BCUT2D eigenvalue weighted by atomic mass is 16.5. The molecule has 0 bridgehead atoms. The lowest BCUT2D eigenvalue weighted by Crippen LogP contribution is -2.37. The number of ether oxygens (including phenoxy) is 2. The van der Waals surface area contributed by atoms with Crippen LogP contribution in [0, 0.1) is 0 Å². The molecule has 0 aromatic heterocycles. The molecule has 6 heteroatoms. The lowest BCUT2D eigenvalue weighted by atomic mass is 10.1. The Bertz CT molecular complexity index is 557. The molecule has 6 nitrogen and oxygen atoms in total. The Morgan fingerprint density at radius 1 is 1.29 bits per heavy atom. The van der Waals surface area contributed by atoms with Crippen molar-refractivity contribution < 1.29 is 24.2 Å². The SMILES string of the molecule is CCOc1ccc(CCC(=O)N2CC(OC)CC2CC(=O)O)cc1. The standard InChI is InChI=1S/C18H25NO5/c1-3-24-15-7-4-13(5-8-15)6-9-17(20)19-12-16(23-2)10-14(19)11-18(21)22/h4-5,7-8,14,16H,3,6,9-12H2,1-2H3,(H,21,22). The first kappa shape index (κ1) is 18.3. The molecule has 1 heterocycles. The van der Waals surface area contributed by atoms with Gasteiger partial charge < -0.3 is 19.5 Å². The number of methoxy groups -OCH3 is 1. The van der Waals surface area contributed by atoms with Crippen molar-refractivity contribution in [2.75, 3.05) is 20.3 Å². The highest BCUT2D eigenvalue weighted by molar-refractivity contribution is 5.78. The Morgan fingerprint density at radius 3 is 2.58 bits per heavy atom. The van der Waals surface area contributed by atoms with Crippen molar-refractivity contribution in [3.63, 3.8) is 0 Å². The van der Waals surface area contributed by atoms with E-state index in [9.17, 15) is 9.59 Å². The van der Waals surface area contributed by atoms with Gasteiger partial charge in [0.25, 0.3) is 0 Å². The molecule has 1 N–H and O–H groups in total. The third-order valence-corrected chi connectivity index (χ3v) is 4.30. The number of hydrogen-bond donors (Lipinski definition) is 1. The Balaban J connectivity index is 1.91. The quantitative estimate of drug-likeness (QED) is 0.787. The summed E-state index contributed by atoms with van der Waals surface area (Å²) < 4.78 is 10.7. The highest BCUT2D eigenvalue weighted by Crippen LogP contribution is 2.24. The molecule has 0 radical (unpaired) electrons. The van der Waals surface area contributed by atoms with Crippen molar-refractivity contribution in [2.24, 2.45) is 0 Å². The first-order valence-electron chi connectivity index (χ1n) is 8.29. The van der Waals surface area contributed by atoms with Gasteiger partial charge in [0.2, 0.25) is 5.91 Å². The fourth-order valence-corrected chi connectivity index (χ4v) is 3.06. The number of carboxylic acid groups (broad SMARTS) is 1. The number of benzene rings is 1. The maximum absolute atomic E-state index is 12.5. The molecule has 1 saturated heterocycles. The molecule has 1 aromatic carbocycles. The molecule has 0 spiro atoms. The van der Waals surface area contributed by atoms with Crippen molar-refractivity contribution in [1.29, 1.82) is 0 Å². The molecule has 1 aromatic rings. The molecule has 1 aliphatic rings. The summed E-state index contributed by atoms with van der Waals surface area (Å²) in [5, 5.41) is 9.02. The van der Waals surface area contributed by atoms with E-state index in [2.05, 4.69) is 0 Å². The number of carbonyl (C=O) groups excluding carboxylic acids is 1. The zero-order chi connectivity index (χ0) is 17.5. The lowest BCUT2D eigenvalue weighted by molar-refractivity contribution is -0.139. The van der Waals surface area contributed by atoms with Gasteiger partial charge in [0.15, 0.2) is 0 Å². The maximum atomic E-state index is 12.5. The largest absolute Gasteiger partial charge is 0.494 e. The molecule has 1 amide bonds. The normalized spacial score (nSPS) is 20.2. The van der Waals surface area contributed by atoms with Crippen molar-refractivity contribution in [3.8, 4) is 5.75 Å². The second-order valence-electron chi connectivity index (χ2n) is 5.97. The van der Waals surface area contributed by atoms with E-state index in [-0.39, 0.29) is 24.5 Å². The van der Waals surface area contributed by atoms with E-state index in [1.807, 2.05) is 31.2 Å². The average molecular weight is 335 g/mol. The number of amides is 1. The average Bonchev–Trinajstić information content (AvgIpc) is 2.96. The molecule has 24 heavy (non-hydrogen) atoms. The van der Waals surface area contributed by atoms with Crippen LogP contribution in [0.2, 0.25) is 0 Å².